The third-order valence-corrected chi connectivity index (χ3v) is 8.69. The van der Waals surface area contributed by atoms with Crippen LogP contribution in [0.2, 0.25) is 0 Å². The number of anilines is 1. The van der Waals surface area contributed by atoms with Crippen molar-refractivity contribution in [2.45, 2.75) is 63.6 Å². The fourth-order valence-corrected chi connectivity index (χ4v) is 6.31. The second-order valence-electron chi connectivity index (χ2n) is 10.7. The minimum Gasteiger partial charge on any atom is -0.352 e. The highest BCUT2D eigenvalue weighted by atomic mass is 32.2. The van der Waals surface area contributed by atoms with Gasteiger partial charge in [0.1, 0.15) is 17.7 Å². The van der Waals surface area contributed by atoms with Gasteiger partial charge in [-0.15, -0.1) is 0 Å². The Kier molecular flexibility index (Phi) is 10.7. The monoisotopic (exact) mass is 597 g/mol. The van der Waals surface area contributed by atoms with E-state index in [2.05, 4.69) is 5.32 Å². The maximum Gasteiger partial charge on any atom is 0.243 e. The summed E-state index contributed by atoms with van der Waals surface area (Å²) in [6.07, 6.45) is 5.12. The molecule has 0 aromatic heterocycles. The fourth-order valence-electron chi connectivity index (χ4n) is 5.34. The lowest BCUT2D eigenvalue weighted by Crippen LogP contribution is -2.52. The van der Waals surface area contributed by atoms with Crippen LogP contribution >= 0.6 is 0 Å². The highest BCUT2D eigenvalue weighted by Crippen LogP contribution is 2.23. The number of nitrogens with zero attached hydrogens (tertiary/aromatic N) is 2. The summed E-state index contributed by atoms with van der Waals surface area (Å²) in [5.74, 6) is -1.71. The molecule has 4 rings (SSSR count). The lowest BCUT2D eigenvalue weighted by atomic mass is 10.0. The normalized spacial score (nSPS) is 14.4. The van der Waals surface area contributed by atoms with Crippen molar-refractivity contribution in [3.8, 4) is 0 Å². The Hall–Kier alpha value is -3.79. The van der Waals surface area contributed by atoms with Gasteiger partial charge in [0.2, 0.25) is 21.8 Å². The van der Waals surface area contributed by atoms with Gasteiger partial charge >= 0.3 is 0 Å². The fraction of sp³-hybridized carbons (Fsp3) is 0.375. The average Bonchev–Trinajstić information content (AvgIpc) is 3.47. The van der Waals surface area contributed by atoms with Crippen LogP contribution in [-0.4, -0.2) is 50.0 Å². The number of rotatable bonds is 13. The summed E-state index contributed by atoms with van der Waals surface area (Å²) >= 11 is 0. The first-order valence-electron chi connectivity index (χ1n) is 14.2. The number of hydrogen-bond acceptors (Lipinski definition) is 4. The van der Waals surface area contributed by atoms with E-state index in [1.54, 1.807) is 18.2 Å². The number of nitrogens with one attached hydrogen (secondary N) is 1. The molecule has 0 spiro atoms. The highest BCUT2D eigenvalue weighted by molar-refractivity contribution is 7.92. The minimum atomic E-state index is -3.83. The molecule has 0 saturated heterocycles. The molecule has 1 atom stereocenters. The number of hydrogen-bond donors (Lipinski definition) is 1. The quantitative estimate of drug-likeness (QED) is 0.293. The van der Waals surface area contributed by atoms with E-state index in [-0.39, 0.29) is 55.9 Å². The molecule has 42 heavy (non-hydrogen) atoms. The summed E-state index contributed by atoms with van der Waals surface area (Å²) in [7, 11) is -3.83. The molecule has 1 saturated carbocycles. The van der Waals surface area contributed by atoms with Gasteiger partial charge in [0.15, 0.2) is 0 Å². The van der Waals surface area contributed by atoms with Gasteiger partial charge in [-0.1, -0.05) is 67.4 Å². The van der Waals surface area contributed by atoms with Gasteiger partial charge in [-0.2, -0.15) is 0 Å². The number of amides is 2. The van der Waals surface area contributed by atoms with E-state index in [0.29, 0.717) is 5.56 Å². The molecule has 2 amide bonds. The summed E-state index contributed by atoms with van der Waals surface area (Å²) in [6, 6.07) is 20.0. The van der Waals surface area contributed by atoms with Crippen molar-refractivity contribution < 1.29 is 26.8 Å². The van der Waals surface area contributed by atoms with Crippen LogP contribution in [0.25, 0.3) is 0 Å². The summed E-state index contributed by atoms with van der Waals surface area (Å²) in [5, 5.41) is 3.13. The summed E-state index contributed by atoms with van der Waals surface area (Å²) in [5.41, 5.74) is 1.44. The molecule has 0 radical (unpaired) electrons. The smallest absolute Gasteiger partial charge is 0.243 e. The minimum absolute atomic E-state index is 0.0441. The van der Waals surface area contributed by atoms with E-state index in [0.717, 1.165) is 41.8 Å². The third-order valence-electron chi connectivity index (χ3n) is 7.51. The predicted octanol–water partition coefficient (Wildman–Crippen LogP) is 5.21. The van der Waals surface area contributed by atoms with Crippen LogP contribution < -0.4 is 9.62 Å². The van der Waals surface area contributed by atoms with Gasteiger partial charge in [-0.3, -0.25) is 13.9 Å². The highest BCUT2D eigenvalue weighted by Gasteiger charge is 2.32. The maximum atomic E-state index is 14.5. The molecule has 1 N–H and O–H groups in total. The zero-order valence-corrected chi connectivity index (χ0v) is 24.5. The van der Waals surface area contributed by atoms with Crippen molar-refractivity contribution in [3.05, 3.63) is 102 Å². The molecule has 3 aromatic carbocycles. The molecule has 1 aliphatic carbocycles. The van der Waals surface area contributed by atoms with Crippen LogP contribution in [0.3, 0.4) is 0 Å². The Morgan fingerprint density at radius 2 is 1.55 bits per heavy atom. The van der Waals surface area contributed by atoms with Gasteiger partial charge in [0.25, 0.3) is 0 Å². The van der Waals surface area contributed by atoms with Crippen LogP contribution in [0.15, 0.2) is 78.9 Å². The van der Waals surface area contributed by atoms with Crippen molar-refractivity contribution in [1.82, 2.24) is 10.2 Å². The van der Waals surface area contributed by atoms with Crippen molar-refractivity contribution >= 4 is 27.5 Å². The Morgan fingerprint density at radius 1 is 0.905 bits per heavy atom. The second kappa shape index (κ2) is 14.4. The lowest BCUT2D eigenvalue weighted by Gasteiger charge is -2.33. The number of benzene rings is 3. The van der Waals surface area contributed by atoms with Crippen molar-refractivity contribution in [2.75, 3.05) is 17.1 Å². The Morgan fingerprint density at radius 3 is 2.19 bits per heavy atom. The lowest BCUT2D eigenvalue weighted by molar-refractivity contribution is -0.141. The van der Waals surface area contributed by atoms with Crippen LogP contribution in [0.1, 0.15) is 49.7 Å². The van der Waals surface area contributed by atoms with E-state index < -0.39 is 27.7 Å². The summed E-state index contributed by atoms with van der Waals surface area (Å²) in [4.78, 5) is 29.1. The molecule has 10 heteroatoms. The zero-order valence-electron chi connectivity index (χ0n) is 23.7. The third kappa shape index (κ3) is 8.61. The SMILES string of the molecule is CS(=O)(=O)N(CCCC(=O)N(Cc1ccc(F)cc1)C(Cc1ccccc1)C(=O)NC1CCCC1)c1ccccc1F. The van der Waals surface area contributed by atoms with E-state index in [9.17, 15) is 26.8 Å². The first-order chi connectivity index (χ1) is 20.1. The first kappa shape index (κ1) is 31.2. The molecule has 0 aliphatic heterocycles. The Bertz CT molecular complexity index is 1450. The van der Waals surface area contributed by atoms with Gasteiger partial charge in [0.05, 0.1) is 11.9 Å². The average molecular weight is 598 g/mol. The van der Waals surface area contributed by atoms with Gasteiger partial charge < -0.3 is 10.2 Å². The van der Waals surface area contributed by atoms with Crippen LogP contribution in [0.5, 0.6) is 0 Å². The first-order valence-corrected chi connectivity index (χ1v) is 16.1. The Labute approximate surface area is 246 Å². The van der Waals surface area contributed by atoms with Crippen molar-refractivity contribution in [1.29, 1.82) is 0 Å². The maximum absolute atomic E-state index is 14.5. The van der Waals surface area contributed by atoms with Gasteiger partial charge in [0, 0.05) is 32.0 Å². The van der Waals surface area contributed by atoms with Crippen molar-refractivity contribution in [2.24, 2.45) is 0 Å². The van der Waals surface area contributed by atoms with Crippen LogP contribution in [0.4, 0.5) is 14.5 Å². The number of carbonyl (C=O) groups is 2. The molecule has 3 aromatic rings. The molecule has 224 valence electrons. The van der Waals surface area contributed by atoms with Crippen molar-refractivity contribution in [3.63, 3.8) is 0 Å². The molecule has 0 heterocycles. The molecular weight excluding hydrogens is 560 g/mol. The van der Waals surface area contributed by atoms with E-state index >= 15 is 0 Å². The number of halogens is 2. The molecular formula is C32H37F2N3O4S. The van der Waals surface area contributed by atoms with Crippen LogP contribution in [0, 0.1) is 11.6 Å². The summed E-state index contributed by atoms with van der Waals surface area (Å²) < 4.78 is 54.1. The molecule has 7 nitrogen and oxygen atoms in total. The number of sulfonamides is 1. The standard InChI is InChI=1S/C32H37F2N3O4S/c1-42(40,41)37(29-15-8-7-14-28(29)34)21-9-16-31(38)36(23-25-17-19-26(33)20-18-25)30(22-24-10-3-2-4-11-24)32(39)35-27-12-5-6-13-27/h2-4,7-8,10-11,14-15,17-20,27,30H,5-6,9,12-13,16,21-23H2,1H3,(H,35,39). The number of para-hydroxylation sites is 1. The zero-order chi connectivity index (χ0) is 30.1. The second-order valence-corrected chi connectivity index (χ2v) is 12.6. The molecule has 1 aliphatic rings. The number of carbonyl (C=O) groups excluding carboxylic acids is 2. The van der Waals surface area contributed by atoms with E-state index in [4.69, 9.17) is 0 Å². The van der Waals surface area contributed by atoms with Crippen LogP contribution in [-0.2, 0) is 32.6 Å². The summed E-state index contributed by atoms with van der Waals surface area (Å²) in [6.45, 7) is -0.0503. The Balaban J connectivity index is 1.59. The van der Waals surface area contributed by atoms with E-state index in [1.807, 2.05) is 30.3 Å². The molecule has 1 fully saturated rings. The van der Waals surface area contributed by atoms with E-state index in [1.165, 1.54) is 35.2 Å². The van der Waals surface area contributed by atoms with Gasteiger partial charge in [-0.25, -0.2) is 17.2 Å². The topological polar surface area (TPSA) is 86.8 Å². The molecule has 0 bridgehead atoms. The predicted molar refractivity (Wildman–Crippen MR) is 159 cm³/mol. The molecule has 1 unspecified atom stereocenters. The largest absolute Gasteiger partial charge is 0.352 e. The van der Waals surface area contributed by atoms with Gasteiger partial charge in [-0.05, 0) is 54.7 Å².